The van der Waals surface area contributed by atoms with Gasteiger partial charge in [0.05, 0.1) is 17.5 Å². The van der Waals surface area contributed by atoms with Gasteiger partial charge in [0, 0.05) is 20.0 Å². The van der Waals surface area contributed by atoms with Gasteiger partial charge in [-0.2, -0.15) is 11.8 Å². The lowest BCUT2D eigenvalue weighted by Gasteiger charge is -2.37. The monoisotopic (exact) mass is 206 g/mol. The second kappa shape index (κ2) is 3.74. The van der Waals surface area contributed by atoms with Crippen molar-refractivity contribution in [3.63, 3.8) is 0 Å². The number of thioether (sulfide) groups is 1. The predicted octanol–water partition coefficient (Wildman–Crippen LogP) is -0.151. The third-order valence-electron chi connectivity index (χ3n) is 2.58. The lowest BCUT2D eigenvalue weighted by molar-refractivity contribution is -0.248. The Hall–Kier alpha value is 0.190. The van der Waals surface area contributed by atoms with Crippen LogP contribution in [0.5, 0.6) is 0 Å². The van der Waals surface area contributed by atoms with Gasteiger partial charge in [-0.05, 0) is 0 Å². The first kappa shape index (κ1) is 9.73. The van der Waals surface area contributed by atoms with E-state index in [-0.39, 0.29) is 23.7 Å². The van der Waals surface area contributed by atoms with Gasteiger partial charge in [0.15, 0.2) is 6.29 Å². The summed E-state index contributed by atoms with van der Waals surface area (Å²) in [6, 6.07) is 0. The van der Waals surface area contributed by atoms with Crippen LogP contribution in [-0.2, 0) is 14.2 Å². The van der Waals surface area contributed by atoms with Gasteiger partial charge < -0.3 is 19.3 Å². The van der Waals surface area contributed by atoms with E-state index in [0.717, 1.165) is 5.75 Å². The molecule has 2 bridgehead atoms. The summed E-state index contributed by atoms with van der Waals surface area (Å²) >= 11 is 1.69. The predicted molar refractivity (Wildman–Crippen MR) is 48.7 cm³/mol. The summed E-state index contributed by atoms with van der Waals surface area (Å²) in [5.41, 5.74) is 0. The Labute approximate surface area is 81.5 Å². The summed E-state index contributed by atoms with van der Waals surface area (Å²) in [5, 5.41) is 9.83. The largest absolute Gasteiger partial charge is 0.389 e. The Morgan fingerprint density at radius 1 is 1.38 bits per heavy atom. The first-order valence-electron chi connectivity index (χ1n) is 4.28. The lowest BCUT2D eigenvalue weighted by atomic mass is 10.0. The standard InChI is InChI=1S/C8H14O4S/c1-10-6-7-5(9)4(3-13-7)12-8(6)11-2/h4-9H,3H2,1-2H3/t4-,5-,6+,7+,8+/m1/s1. The molecule has 2 heterocycles. The topological polar surface area (TPSA) is 47.9 Å². The number of hydrogen-bond acceptors (Lipinski definition) is 5. The Morgan fingerprint density at radius 3 is 2.77 bits per heavy atom. The zero-order valence-electron chi connectivity index (χ0n) is 7.67. The molecule has 1 N–H and O–H groups in total. The molecule has 0 spiro atoms. The van der Waals surface area contributed by atoms with Gasteiger partial charge in [0.1, 0.15) is 6.10 Å². The first-order chi connectivity index (χ1) is 6.27. The van der Waals surface area contributed by atoms with Crippen LogP contribution >= 0.6 is 11.8 Å². The molecule has 0 radical (unpaired) electrons. The third kappa shape index (κ3) is 1.49. The smallest absolute Gasteiger partial charge is 0.185 e. The van der Waals surface area contributed by atoms with Crippen molar-refractivity contribution >= 4 is 11.8 Å². The van der Waals surface area contributed by atoms with Crippen LogP contribution in [0.3, 0.4) is 0 Å². The Balaban J connectivity index is 2.13. The van der Waals surface area contributed by atoms with Crippen molar-refractivity contribution in [2.75, 3.05) is 20.0 Å². The Kier molecular flexibility index (Phi) is 2.80. The van der Waals surface area contributed by atoms with Crippen molar-refractivity contribution in [2.45, 2.75) is 29.9 Å². The van der Waals surface area contributed by atoms with Gasteiger partial charge >= 0.3 is 0 Å². The van der Waals surface area contributed by atoms with Gasteiger partial charge in [-0.3, -0.25) is 0 Å². The fraction of sp³-hybridized carbons (Fsp3) is 1.00. The fourth-order valence-electron chi connectivity index (χ4n) is 1.86. The van der Waals surface area contributed by atoms with Gasteiger partial charge in [-0.1, -0.05) is 0 Å². The molecule has 2 aliphatic heterocycles. The zero-order valence-corrected chi connectivity index (χ0v) is 8.49. The molecule has 2 saturated heterocycles. The van der Waals surface area contributed by atoms with Crippen LogP contribution in [0.1, 0.15) is 0 Å². The summed E-state index contributed by atoms with van der Waals surface area (Å²) in [5.74, 6) is 0.825. The molecule has 76 valence electrons. The average molecular weight is 206 g/mol. The summed E-state index contributed by atoms with van der Waals surface area (Å²) in [7, 11) is 3.21. The maximum absolute atomic E-state index is 9.74. The molecule has 2 fully saturated rings. The minimum absolute atomic E-state index is 0.0913. The van der Waals surface area contributed by atoms with Crippen LogP contribution < -0.4 is 0 Å². The highest BCUT2D eigenvalue weighted by Crippen LogP contribution is 2.39. The number of aliphatic hydroxyl groups is 1. The summed E-state index contributed by atoms with van der Waals surface area (Å²) in [4.78, 5) is 0. The molecule has 2 aliphatic rings. The van der Waals surface area contributed by atoms with Crippen LogP contribution in [0.25, 0.3) is 0 Å². The number of rotatable bonds is 2. The normalized spacial score (nSPS) is 49.6. The number of methoxy groups -OCH3 is 2. The van der Waals surface area contributed by atoms with Crippen LogP contribution in [-0.4, -0.2) is 54.9 Å². The molecule has 5 heteroatoms. The fourth-order valence-corrected chi connectivity index (χ4v) is 3.35. The van der Waals surface area contributed by atoms with Gasteiger partial charge in [0.25, 0.3) is 0 Å². The SMILES string of the molecule is CO[C@H]1O[C@@H]2CS[C@@H]([C@@H]2O)[C@@H]1OC. The lowest BCUT2D eigenvalue weighted by Crippen LogP contribution is -2.53. The van der Waals surface area contributed by atoms with E-state index in [1.54, 1.807) is 26.0 Å². The molecule has 0 saturated carbocycles. The quantitative estimate of drug-likeness (QED) is 0.681. The van der Waals surface area contributed by atoms with Crippen LogP contribution in [0, 0.1) is 0 Å². The van der Waals surface area contributed by atoms with E-state index >= 15 is 0 Å². The maximum atomic E-state index is 9.74. The zero-order chi connectivity index (χ0) is 9.42. The van der Waals surface area contributed by atoms with Gasteiger partial charge in [0.2, 0.25) is 0 Å². The molecule has 0 aromatic rings. The summed E-state index contributed by atoms with van der Waals surface area (Å²) in [6.07, 6.45) is -1.00. The number of hydrogen-bond donors (Lipinski definition) is 1. The first-order valence-corrected chi connectivity index (χ1v) is 5.33. The number of aliphatic hydroxyl groups excluding tert-OH is 1. The van der Waals surface area contributed by atoms with E-state index in [9.17, 15) is 5.11 Å². The minimum atomic E-state index is -0.415. The molecule has 0 amide bonds. The van der Waals surface area contributed by atoms with Crippen molar-refractivity contribution in [3.05, 3.63) is 0 Å². The molecule has 0 aromatic carbocycles. The molecule has 4 nitrogen and oxygen atoms in total. The van der Waals surface area contributed by atoms with Gasteiger partial charge in [-0.15, -0.1) is 0 Å². The van der Waals surface area contributed by atoms with E-state index in [1.807, 2.05) is 0 Å². The van der Waals surface area contributed by atoms with Crippen LogP contribution in [0.15, 0.2) is 0 Å². The maximum Gasteiger partial charge on any atom is 0.185 e. The molecule has 2 rings (SSSR count). The Bertz CT molecular complexity index is 189. The molecular weight excluding hydrogens is 192 g/mol. The highest BCUT2D eigenvalue weighted by molar-refractivity contribution is 8.00. The third-order valence-corrected chi connectivity index (χ3v) is 4.03. The molecule has 0 aromatic heterocycles. The van der Waals surface area contributed by atoms with E-state index in [4.69, 9.17) is 14.2 Å². The van der Waals surface area contributed by atoms with Crippen molar-refractivity contribution in [3.8, 4) is 0 Å². The van der Waals surface area contributed by atoms with Gasteiger partial charge in [-0.25, -0.2) is 0 Å². The molecular formula is C8H14O4S. The second-order valence-corrected chi connectivity index (χ2v) is 4.48. The molecule has 0 unspecified atom stereocenters. The van der Waals surface area contributed by atoms with Crippen LogP contribution in [0.4, 0.5) is 0 Å². The summed E-state index contributed by atoms with van der Waals surface area (Å²) < 4.78 is 15.9. The highest BCUT2D eigenvalue weighted by atomic mass is 32.2. The molecule has 13 heavy (non-hydrogen) atoms. The van der Waals surface area contributed by atoms with E-state index in [0.29, 0.717) is 0 Å². The van der Waals surface area contributed by atoms with E-state index in [1.165, 1.54) is 0 Å². The molecule has 0 aliphatic carbocycles. The Morgan fingerprint density at radius 2 is 2.15 bits per heavy atom. The van der Waals surface area contributed by atoms with Crippen molar-refractivity contribution in [1.82, 2.24) is 0 Å². The average Bonchev–Trinajstić information content (AvgIpc) is 2.40. The number of fused-ring (bicyclic) bond motifs is 2. The van der Waals surface area contributed by atoms with Crippen molar-refractivity contribution < 1.29 is 19.3 Å². The van der Waals surface area contributed by atoms with Crippen molar-refractivity contribution in [2.24, 2.45) is 0 Å². The van der Waals surface area contributed by atoms with Crippen LogP contribution in [0.2, 0.25) is 0 Å². The van der Waals surface area contributed by atoms with E-state index < -0.39 is 6.10 Å². The second-order valence-electron chi connectivity index (χ2n) is 3.27. The number of ether oxygens (including phenoxy) is 3. The molecule has 5 atom stereocenters. The summed E-state index contributed by atoms with van der Waals surface area (Å²) in [6.45, 7) is 0. The van der Waals surface area contributed by atoms with E-state index in [2.05, 4.69) is 0 Å². The minimum Gasteiger partial charge on any atom is -0.389 e. The van der Waals surface area contributed by atoms with Crippen molar-refractivity contribution in [1.29, 1.82) is 0 Å². The highest BCUT2D eigenvalue weighted by Gasteiger charge is 2.50.